The number of carbonyl (C=O) groups is 2. The number of hydrogen-bond donors (Lipinski definition) is 1. The Kier molecular flexibility index (Phi) is 9.73. The van der Waals surface area contributed by atoms with Crippen LogP contribution in [0.5, 0.6) is 23.0 Å². The number of unbranched alkanes of at least 4 members (excludes halogenated alkanes) is 2. The minimum absolute atomic E-state index is 0.0215. The quantitative estimate of drug-likeness (QED) is 0.373. The van der Waals surface area contributed by atoms with Gasteiger partial charge in [0.2, 0.25) is 18.4 Å². The van der Waals surface area contributed by atoms with E-state index in [9.17, 15) is 19.1 Å². The third-order valence-corrected chi connectivity index (χ3v) is 7.76. The second kappa shape index (κ2) is 13.2. The van der Waals surface area contributed by atoms with Crippen LogP contribution >= 0.6 is 0 Å². The lowest BCUT2D eigenvalue weighted by Gasteiger charge is -2.30. The molecule has 3 unspecified atom stereocenters. The van der Waals surface area contributed by atoms with Crippen LogP contribution < -0.4 is 18.9 Å². The maximum absolute atomic E-state index is 14.9. The monoisotopic (exact) mass is 558 g/mol. The SMILES string of the molecule is CCCCN(CCCC)C(=O)CN1CC(c2cc(OC)c3c(c2)OCO3)C(C(=O)O)C1c1ccc(OC)c(F)c1. The zero-order valence-electron chi connectivity index (χ0n) is 23.7. The minimum Gasteiger partial charge on any atom is -0.494 e. The van der Waals surface area contributed by atoms with E-state index in [2.05, 4.69) is 13.8 Å². The molecule has 1 saturated heterocycles. The summed E-state index contributed by atoms with van der Waals surface area (Å²) >= 11 is 0. The molecule has 1 amide bonds. The van der Waals surface area contributed by atoms with Gasteiger partial charge in [-0.05, 0) is 48.2 Å². The van der Waals surface area contributed by atoms with E-state index < -0.39 is 29.7 Å². The van der Waals surface area contributed by atoms with Crippen molar-refractivity contribution in [2.24, 2.45) is 5.92 Å². The standard InChI is InChI=1S/C30H39FN2O7/c1-5-7-11-32(12-8-6-2)26(34)17-33-16-21(20-14-24(38-4)29-25(15-20)39-18-40-29)27(30(35)36)28(33)19-9-10-23(37-3)22(31)13-19/h9-10,13-15,21,27-28H,5-8,11-12,16-18H2,1-4H3,(H,35,36). The molecule has 1 N–H and O–H groups in total. The fraction of sp³-hybridized carbons (Fsp3) is 0.533. The summed E-state index contributed by atoms with van der Waals surface area (Å²) in [6, 6.07) is 7.27. The number of benzene rings is 2. The van der Waals surface area contributed by atoms with Gasteiger partial charge in [-0.3, -0.25) is 14.5 Å². The first kappa shape index (κ1) is 29.5. The van der Waals surface area contributed by atoms with Crippen molar-refractivity contribution in [3.8, 4) is 23.0 Å². The first-order chi connectivity index (χ1) is 19.3. The highest BCUT2D eigenvalue weighted by atomic mass is 19.1. The lowest BCUT2D eigenvalue weighted by Crippen LogP contribution is -2.42. The molecule has 4 rings (SSSR count). The van der Waals surface area contributed by atoms with Gasteiger partial charge in [0.25, 0.3) is 0 Å². The fourth-order valence-corrected chi connectivity index (χ4v) is 5.69. The molecule has 3 atom stereocenters. The number of carboxylic acid groups (broad SMARTS) is 1. The summed E-state index contributed by atoms with van der Waals surface area (Å²) < 4.78 is 36.6. The number of halogens is 1. The Morgan fingerprint density at radius 3 is 2.33 bits per heavy atom. The Labute approximate surface area is 234 Å². The number of ether oxygens (including phenoxy) is 4. The van der Waals surface area contributed by atoms with Gasteiger partial charge in [0.1, 0.15) is 0 Å². The summed E-state index contributed by atoms with van der Waals surface area (Å²) in [6.07, 6.45) is 3.70. The molecule has 1 fully saturated rings. The average molecular weight is 559 g/mol. The molecule has 10 heteroatoms. The molecular formula is C30H39FN2O7. The summed E-state index contributed by atoms with van der Waals surface area (Å²) in [6.45, 7) is 5.80. The van der Waals surface area contributed by atoms with Gasteiger partial charge in [-0.25, -0.2) is 4.39 Å². The fourth-order valence-electron chi connectivity index (χ4n) is 5.69. The lowest BCUT2D eigenvalue weighted by atomic mass is 9.82. The van der Waals surface area contributed by atoms with Crippen molar-refractivity contribution in [1.82, 2.24) is 9.80 Å². The van der Waals surface area contributed by atoms with Gasteiger partial charge in [-0.1, -0.05) is 32.8 Å². The molecule has 2 aromatic rings. The van der Waals surface area contributed by atoms with Crippen LogP contribution in [0.3, 0.4) is 0 Å². The largest absolute Gasteiger partial charge is 0.494 e. The van der Waals surface area contributed by atoms with E-state index in [0.29, 0.717) is 41.5 Å². The molecular weight excluding hydrogens is 519 g/mol. The topological polar surface area (TPSA) is 97.8 Å². The number of nitrogens with zero attached hydrogens (tertiary/aromatic N) is 2. The predicted molar refractivity (Wildman–Crippen MR) is 147 cm³/mol. The second-order valence-electron chi connectivity index (χ2n) is 10.3. The molecule has 218 valence electrons. The smallest absolute Gasteiger partial charge is 0.309 e. The molecule has 0 radical (unpaired) electrons. The maximum atomic E-state index is 14.9. The Morgan fingerprint density at radius 2 is 1.73 bits per heavy atom. The van der Waals surface area contributed by atoms with Crippen LogP contribution in [-0.2, 0) is 9.59 Å². The highest BCUT2D eigenvalue weighted by molar-refractivity contribution is 5.79. The van der Waals surface area contributed by atoms with Crippen LogP contribution in [0.4, 0.5) is 4.39 Å². The first-order valence-electron chi connectivity index (χ1n) is 13.9. The molecule has 9 nitrogen and oxygen atoms in total. The van der Waals surface area contributed by atoms with Crippen molar-refractivity contribution in [3.05, 3.63) is 47.3 Å². The number of carboxylic acids is 1. The van der Waals surface area contributed by atoms with Gasteiger partial charge in [-0.15, -0.1) is 0 Å². The Bertz CT molecular complexity index is 1200. The van der Waals surface area contributed by atoms with Crippen LogP contribution in [0.25, 0.3) is 0 Å². The lowest BCUT2D eigenvalue weighted by molar-refractivity contribution is -0.144. The third kappa shape index (κ3) is 6.11. The molecule has 2 heterocycles. The van der Waals surface area contributed by atoms with Crippen LogP contribution in [0.15, 0.2) is 30.3 Å². The number of amides is 1. The Morgan fingerprint density at radius 1 is 1.02 bits per heavy atom. The van der Waals surface area contributed by atoms with Crippen molar-refractivity contribution in [2.45, 2.75) is 51.5 Å². The van der Waals surface area contributed by atoms with Gasteiger partial charge in [-0.2, -0.15) is 0 Å². The van der Waals surface area contributed by atoms with Gasteiger partial charge >= 0.3 is 5.97 Å². The normalized spacial score (nSPS) is 20.0. The van der Waals surface area contributed by atoms with Gasteiger partial charge < -0.3 is 29.0 Å². The van der Waals surface area contributed by atoms with Gasteiger partial charge in [0.15, 0.2) is 23.1 Å². The molecule has 0 aromatic heterocycles. The number of carbonyl (C=O) groups excluding carboxylic acids is 1. The Hall–Kier alpha value is -3.53. The van der Waals surface area contributed by atoms with Crippen LogP contribution in [-0.4, -0.2) is 74.0 Å². The van der Waals surface area contributed by atoms with E-state index >= 15 is 0 Å². The number of rotatable bonds is 13. The number of aliphatic carboxylic acids is 1. The number of likely N-dealkylation sites (tertiary alicyclic amines) is 1. The molecule has 2 aliphatic rings. The molecule has 0 saturated carbocycles. The molecule has 2 aliphatic heterocycles. The van der Waals surface area contributed by atoms with Crippen molar-refractivity contribution in [1.29, 1.82) is 0 Å². The zero-order chi connectivity index (χ0) is 28.8. The summed E-state index contributed by atoms with van der Waals surface area (Å²) in [5, 5.41) is 10.5. The van der Waals surface area contributed by atoms with E-state index in [0.717, 1.165) is 25.7 Å². The van der Waals surface area contributed by atoms with E-state index in [1.807, 2.05) is 9.80 Å². The highest BCUT2D eigenvalue weighted by Gasteiger charge is 2.48. The molecule has 40 heavy (non-hydrogen) atoms. The number of methoxy groups -OCH3 is 2. The third-order valence-electron chi connectivity index (χ3n) is 7.76. The molecule has 0 aliphatic carbocycles. The summed E-state index contributed by atoms with van der Waals surface area (Å²) in [4.78, 5) is 30.2. The minimum atomic E-state index is -1.04. The van der Waals surface area contributed by atoms with Crippen LogP contribution in [0.1, 0.15) is 62.6 Å². The zero-order valence-corrected chi connectivity index (χ0v) is 23.7. The summed E-state index contributed by atoms with van der Waals surface area (Å²) in [5.74, 6) is -1.71. The number of hydrogen-bond acceptors (Lipinski definition) is 7. The van der Waals surface area contributed by atoms with Crippen molar-refractivity contribution < 1.29 is 38.0 Å². The van der Waals surface area contributed by atoms with Crippen LogP contribution in [0.2, 0.25) is 0 Å². The maximum Gasteiger partial charge on any atom is 0.309 e. The van der Waals surface area contributed by atoms with Crippen molar-refractivity contribution in [2.75, 3.05) is 47.2 Å². The summed E-state index contributed by atoms with van der Waals surface area (Å²) in [5.41, 5.74) is 1.17. The van der Waals surface area contributed by atoms with E-state index in [-0.39, 0.29) is 31.5 Å². The van der Waals surface area contributed by atoms with Gasteiger partial charge in [0, 0.05) is 31.6 Å². The van der Waals surface area contributed by atoms with Gasteiger partial charge in [0.05, 0.1) is 26.7 Å². The van der Waals surface area contributed by atoms with E-state index in [1.54, 1.807) is 18.2 Å². The molecule has 2 aromatic carbocycles. The predicted octanol–water partition coefficient (Wildman–Crippen LogP) is 4.84. The van der Waals surface area contributed by atoms with Crippen LogP contribution in [0, 0.1) is 11.7 Å². The Balaban J connectivity index is 1.74. The van der Waals surface area contributed by atoms with E-state index in [4.69, 9.17) is 18.9 Å². The average Bonchev–Trinajstić information content (AvgIpc) is 3.57. The number of fused-ring (bicyclic) bond motifs is 1. The van der Waals surface area contributed by atoms with E-state index in [1.165, 1.54) is 26.4 Å². The summed E-state index contributed by atoms with van der Waals surface area (Å²) in [7, 11) is 2.89. The first-order valence-corrected chi connectivity index (χ1v) is 13.9. The highest BCUT2D eigenvalue weighted by Crippen LogP contribution is 2.50. The molecule has 0 bridgehead atoms. The second-order valence-corrected chi connectivity index (χ2v) is 10.3. The molecule has 0 spiro atoms. The van der Waals surface area contributed by atoms with Crippen molar-refractivity contribution >= 4 is 11.9 Å². The van der Waals surface area contributed by atoms with Crippen molar-refractivity contribution in [3.63, 3.8) is 0 Å².